The first kappa shape index (κ1) is 14.2. The van der Waals surface area contributed by atoms with E-state index in [2.05, 4.69) is 6.92 Å². The molecule has 5 nitrogen and oxygen atoms in total. The molecular weight excluding hydrogens is 244 g/mol. The summed E-state index contributed by atoms with van der Waals surface area (Å²) in [4.78, 5) is 27.6. The largest absolute Gasteiger partial charge is 0.480 e. The van der Waals surface area contributed by atoms with Crippen molar-refractivity contribution in [3.8, 4) is 0 Å². The number of carbonyl (C=O) groups excluding carboxylic acids is 1. The fraction of sp³-hybridized carbons (Fsp3) is 0.857. The summed E-state index contributed by atoms with van der Waals surface area (Å²) in [6.07, 6.45) is 5.68. The van der Waals surface area contributed by atoms with Gasteiger partial charge in [-0.15, -0.1) is 0 Å². The van der Waals surface area contributed by atoms with E-state index in [-0.39, 0.29) is 12.1 Å². The molecule has 5 heteroatoms. The third kappa shape index (κ3) is 2.55. The van der Waals surface area contributed by atoms with Crippen LogP contribution in [0.1, 0.15) is 52.4 Å². The predicted molar refractivity (Wildman–Crippen MR) is 72.0 cm³/mol. The summed E-state index contributed by atoms with van der Waals surface area (Å²) in [5, 5.41) is 9.40. The van der Waals surface area contributed by atoms with Gasteiger partial charge in [0.15, 0.2) is 0 Å². The molecule has 0 aromatic carbocycles. The predicted octanol–water partition coefficient (Wildman–Crippen LogP) is 2.31. The van der Waals surface area contributed by atoms with Gasteiger partial charge in [0.2, 0.25) is 0 Å². The Kier molecular flexibility index (Phi) is 4.02. The minimum absolute atomic E-state index is 0.0863. The van der Waals surface area contributed by atoms with Gasteiger partial charge in [0.25, 0.3) is 0 Å². The lowest BCUT2D eigenvalue weighted by atomic mass is 9.99. The highest BCUT2D eigenvalue weighted by Crippen LogP contribution is 2.31. The summed E-state index contributed by atoms with van der Waals surface area (Å²) in [5.41, 5.74) is -1.02. The van der Waals surface area contributed by atoms with E-state index in [1.807, 2.05) is 4.90 Å². The van der Waals surface area contributed by atoms with Crippen molar-refractivity contribution in [2.24, 2.45) is 0 Å². The lowest BCUT2D eigenvalue weighted by molar-refractivity contribution is -0.147. The maximum Gasteiger partial charge on any atom is 0.329 e. The van der Waals surface area contributed by atoms with Crippen molar-refractivity contribution in [2.45, 2.75) is 64.0 Å². The van der Waals surface area contributed by atoms with Crippen LogP contribution in [0.25, 0.3) is 0 Å². The van der Waals surface area contributed by atoms with Gasteiger partial charge in [-0.2, -0.15) is 0 Å². The van der Waals surface area contributed by atoms with Gasteiger partial charge in [0.05, 0.1) is 0 Å². The third-order valence-electron chi connectivity index (χ3n) is 4.63. The Morgan fingerprint density at radius 1 is 1.16 bits per heavy atom. The Hall–Kier alpha value is -1.26. The van der Waals surface area contributed by atoms with Crippen molar-refractivity contribution < 1.29 is 14.7 Å². The van der Waals surface area contributed by atoms with Crippen molar-refractivity contribution >= 4 is 12.0 Å². The number of amides is 2. The molecule has 0 aromatic rings. The average Bonchev–Trinajstić information content (AvgIpc) is 2.63. The molecule has 2 saturated heterocycles. The van der Waals surface area contributed by atoms with Gasteiger partial charge in [0.1, 0.15) is 5.54 Å². The van der Waals surface area contributed by atoms with Gasteiger partial charge in [-0.1, -0.05) is 12.8 Å². The normalized spacial score (nSPS) is 32.2. The molecule has 2 unspecified atom stereocenters. The van der Waals surface area contributed by atoms with Crippen LogP contribution in [0, 0.1) is 0 Å². The topological polar surface area (TPSA) is 60.9 Å². The molecule has 2 fully saturated rings. The number of likely N-dealkylation sites (tertiary alicyclic amines) is 2. The summed E-state index contributed by atoms with van der Waals surface area (Å²) < 4.78 is 0. The molecule has 2 rings (SSSR count). The highest BCUT2D eigenvalue weighted by Gasteiger charge is 2.47. The number of hydrogen-bond donors (Lipinski definition) is 1. The monoisotopic (exact) mass is 268 g/mol. The van der Waals surface area contributed by atoms with Gasteiger partial charge in [0, 0.05) is 19.1 Å². The molecule has 2 aliphatic heterocycles. The Morgan fingerprint density at radius 3 is 2.58 bits per heavy atom. The number of aliphatic carboxylic acids is 1. The van der Waals surface area contributed by atoms with E-state index in [0.717, 1.165) is 38.6 Å². The Labute approximate surface area is 114 Å². The summed E-state index contributed by atoms with van der Waals surface area (Å²) in [6, 6.07) is 0.130. The van der Waals surface area contributed by atoms with E-state index in [9.17, 15) is 14.7 Å². The molecule has 0 aliphatic carbocycles. The molecule has 0 spiro atoms. The SMILES string of the molecule is CC1CCCCCN1C(=O)N1CCCC1(C)C(=O)O. The van der Waals surface area contributed by atoms with Crippen LogP contribution in [0.5, 0.6) is 0 Å². The fourth-order valence-corrected chi connectivity index (χ4v) is 3.21. The van der Waals surface area contributed by atoms with Crippen molar-refractivity contribution in [2.75, 3.05) is 13.1 Å². The van der Waals surface area contributed by atoms with E-state index in [1.165, 1.54) is 0 Å². The van der Waals surface area contributed by atoms with Gasteiger partial charge in [-0.25, -0.2) is 9.59 Å². The smallest absolute Gasteiger partial charge is 0.329 e. The molecule has 0 aromatic heterocycles. The van der Waals surface area contributed by atoms with Gasteiger partial charge in [-0.3, -0.25) is 0 Å². The van der Waals surface area contributed by atoms with Crippen LogP contribution in [-0.2, 0) is 4.79 Å². The average molecular weight is 268 g/mol. The number of carboxylic acids is 1. The molecule has 0 saturated carbocycles. The number of carbonyl (C=O) groups is 2. The fourth-order valence-electron chi connectivity index (χ4n) is 3.21. The standard InChI is InChI=1S/C14H24N2O3/c1-11-7-4-3-5-9-15(11)13(19)16-10-6-8-14(16,2)12(17)18/h11H,3-10H2,1-2H3,(H,17,18). The number of hydrogen-bond acceptors (Lipinski definition) is 2. The maximum atomic E-state index is 12.7. The molecule has 19 heavy (non-hydrogen) atoms. The molecule has 108 valence electrons. The van der Waals surface area contributed by atoms with Crippen molar-refractivity contribution in [3.63, 3.8) is 0 Å². The molecule has 2 amide bonds. The zero-order valence-corrected chi connectivity index (χ0v) is 11.9. The lowest BCUT2D eigenvalue weighted by Crippen LogP contribution is -2.56. The van der Waals surface area contributed by atoms with E-state index in [0.29, 0.717) is 13.0 Å². The lowest BCUT2D eigenvalue weighted by Gasteiger charge is -2.37. The highest BCUT2D eigenvalue weighted by molar-refractivity contribution is 5.86. The molecule has 1 N–H and O–H groups in total. The Bertz CT molecular complexity index is 372. The number of urea groups is 1. The molecular formula is C14H24N2O3. The van der Waals surface area contributed by atoms with Gasteiger partial charge >= 0.3 is 12.0 Å². The van der Waals surface area contributed by atoms with Crippen LogP contribution in [0.4, 0.5) is 4.79 Å². The molecule has 0 radical (unpaired) electrons. The number of nitrogens with zero attached hydrogens (tertiary/aromatic N) is 2. The molecule has 2 aliphatic rings. The van der Waals surface area contributed by atoms with Crippen molar-refractivity contribution in [1.29, 1.82) is 0 Å². The maximum absolute atomic E-state index is 12.7. The Balaban J connectivity index is 2.16. The summed E-state index contributed by atoms with van der Waals surface area (Å²) >= 11 is 0. The van der Waals surface area contributed by atoms with Crippen LogP contribution in [0.2, 0.25) is 0 Å². The number of carboxylic acid groups (broad SMARTS) is 1. The molecule has 0 bridgehead atoms. The van der Waals surface area contributed by atoms with Gasteiger partial charge < -0.3 is 14.9 Å². The number of rotatable bonds is 1. The summed E-state index contributed by atoms with van der Waals surface area (Å²) in [6.45, 7) is 5.05. The second-order valence-electron chi connectivity index (χ2n) is 6.01. The molecule has 2 heterocycles. The summed E-state index contributed by atoms with van der Waals surface area (Å²) in [7, 11) is 0. The van der Waals surface area contributed by atoms with Crippen LogP contribution in [0.15, 0.2) is 0 Å². The van der Waals surface area contributed by atoms with Crippen LogP contribution in [-0.4, -0.2) is 51.6 Å². The highest BCUT2D eigenvalue weighted by atomic mass is 16.4. The van der Waals surface area contributed by atoms with Crippen LogP contribution >= 0.6 is 0 Å². The second-order valence-corrected chi connectivity index (χ2v) is 6.01. The minimum atomic E-state index is -1.02. The van der Waals surface area contributed by atoms with E-state index >= 15 is 0 Å². The zero-order valence-electron chi connectivity index (χ0n) is 11.9. The van der Waals surface area contributed by atoms with Crippen LogP contribution in [0.3, 0.4) is 0 Å². The Morgan fingerprint density at radius 2 is 1.89 bits per heavy atom. The van der Waals surface area contributed by atoms with E-state index in [1.54, 1.807) is 11.8 Å². The molecule has 2 atom stereocenters. The first-order valence-corrected chi connectivity index (χ1v) is 7.28. The van der Waals surface area contributed by atoms with Gasteiger partial charge in [-0.05, 0) is 39.5 Å². The second kappa shape index (κ2) is 5.39. The van der Waals surface area contributed by atoms with E-state index < -0.39 is 11.5 Å². The van der Waals surface area contributed by atoms with E-state index in [4.69, 9.17) is 0 Å². The first-order chi connectivity index (χ1) is 8.97. The quantitative estimate of drug-likeness (QED) is 0.794. The third-order valence-corrected chi connectivity index (χ3v) is 4.63. The zero-order chi connectivity index (χ0) is 14.0. The van der Waals surface area contributed by atoms with Crippen molar-refractivity contribution in [1.82, 2.24) is 9.80 Å². The first-order valence-electron chi connectivity index (χ1n) is 7.28. The van der Waals surface area contributed by atoms with Crippen LogP contribution < -0.4 is 0 Å². The minimum Gasteiger partial charge on any atom is -0.480 e. The summed E-state index contributed by atoms with van der Waals surface area (Å²) in [5.74, 6) is -0.888. The van der Waals surface area contributed by atoms with Crippen molar-refractivity contribution in [3.05, 3.63) is 0 Å².